The number of hydrogen-bond donors (Lipinski definition) is 0. The summed E-state index contributed by atoms with van der Waals surface area (Å²) < 4.78 is 0.992. The number of benzene rings is 3. The van der Waals surface area contributed by atoms with Crippen LogP contribution in [0.2, 0.25) is 0 Å². The van der Waals surface area contributed by atoms with E-state index in [4.69, 9.17) is 15.0 Å². The van der Waals surface area contributed by atoms with Crippen LogP contribution in [-0.4, -0.2) is 15.0 Å². The number of halogens is 1. The quantitative estimate of drug-likeness (QED) is 0.280. The van der Waals surface area contributed by atoms with E-state index in [1.807, 2.05) is 60.7 Å². The molecule has 1 atom stereocenters. The van der Waals surface area contributed by atoms with Crippen LogP contribution >= 0.6 is 15.9 Å². The molecule has 1 heterocycles. The van der Waals surface area contributed by atoms with Gasteiger partial charge < -0.3 is 0 Å². The summed E-state index contributed by atoms with van der Waals surface area (Å²) in [6, 6.07) is 26.5. The van der Waals surface area contributed by atoms with E-state index in [0.29, 0.717) is 23.4 Å². The number of allylic oxidation sites excluding steroid dienone is 6. The molecule has 1 unspecified atom stereocenters. The minimum Gasteiger partial charge on any atom is -0.208 e. The SMILES string of the molecule is C/C(=C1/C=CC=CC1C)c1cc(Br)cc(-c2nc(-c3ccccc3)nc(-c3ccccc3)n2)c1. The van der Waals surface area contributed by atoms with Gasteiger partial charge in [0.2, 0.25) is 0 Å². The van der Waals surface area contributed by atoms with Crippen molar-refractivity contribution in [2.45, 2.75) is 13.8 Å². The fourth-order valence-electron chi connectivity index (χ4n) is 4.15. The molecule has 34 heavy (non-hydrogen) atoms. The van der Waals surface area contributed by atoms with Gasteiger partial charge in [-0.3, -0.25) is 0 Å². The minimum absolute atomic E-state index is 0.374. The first-order valence-electron chi connectivity index (χ1n) is 11.3. The molecule has 0 N–H and O–H groups in total. The summed E-state index contributed by atoms with van der Waals surface area (Å²) in [6.07, 6.45) is 8.63. The summed E-state index contributed by atoms with van der Waals surface area (Å²) in [5.41, 5.74) is 6.58. The molecule has 4 heteroatoms. The Labute approximate surface area is 208 Å². The summed E-state index contributed by atoms with van der Waals surface area (Å²) in [6.45, 7) is 4.40. The lowest BCUT2D eigenvalue weighted by Gasteiger charge is -2.17. The second kappa shape index (κ2) is 9.70. The largest absolute Gasteiger partial charge is 0.208 e. The molecular formula is C30H24BrN3. The van der Waals surface area contributed by atoms with Crippen molar-refractivity contribution in [3.8, 4) is 34.2 Å². The van der Waals surface area contributed by atoms with Gasteiger partial charge in [0.15, 0.2) is 17.5 Å². The lowest BCUT2D eigenvalue weighted by Crippen LogP contribution is -2.01. The van der Waals surface area contributed by atoms with Crippen LogP contribution in [0.5, 0.6) is 0 Å². The van der Waals surface area contributed by atoms with Crippen LogP contribution in [0.25, 0.3) is 39.7 Å². The van der Waals surface area contributed by atoms with Crippen LogP contribution in [0.4, 0.5) is 0 Å². The standard InChI is InChI=1S/C30H24BrN3/c1-20-11-9-10-16-27(20)21(2)24-17-25(19-26(31)18-24)30-33-28(22-12-5-3-6-13-22)32-29(34-30)23-14-7-4-8-15-23/h3-20H,1-2H3/b27-21+. The third-order valence-electron chi connectivity index (χ3n) is 6.00. The third-order valence-corrected chi connectivity index (χ3v) is 6.46. The molecule has 3 nitrogen and oxygen atoms in total. The number of rotatable bonds is 4. The average Bonchev–Trinajstić information content (AvgIpc) is 2.89. The van der Waals surface area contributed by atoms with Crippen LogP contribution in [-0.2, 0) is 0 Å². The molecule has 0 amide bonds. The van der Waals surface area contributed by atoms with Gasteiger partial charge in [0, 0.05) is 21.2 Å². The first-order valence-corrected chi connectivity index (χ1v) is 12.1. The van der Waals surface area contributed by atoms with E-state index in [0.717, 1.165) is 26.7 Å². The first kappa shape index (κ1) is 22.2. The van der Waals surface area contributed by atoms with Crippen molar-refractivity contribution in [2.75, 3.05) is 0 Å². The van der Waals surface area contributed by atoms with Gasteiger partial charge in [0.25, 0.3) is 0 Å². The van der Waals surface area contributed by atoms with Crippen molar-refractivity contribution in [1.29, 1.82) is 0 Å². The molecule has 0 radical (unpaired) electrons. The summed E-state index contributed by atoms with van der Waals surface area (Å²) in [4.78, 5) is 14.6. The molecule has 5 rings (SSSR count). The molecule has 4 aromatic rings. The van der Waals surface area contributed by atoms with Crippen molar-refractivity contribution in [1.82, 2.24) is 15.0 Å². The fraction of sp³-hybridized carbons (Fsp3) is 0.100. The highest BCUT2D eigenvalue weighted by atomic mass is 79.9. The maximum atomic E-state index is 4.88. The molecule has 0 bridgehead atoms. The Morgan fingerprint density at radius 3 is 1.82 bits per heavy atom. The van der Waals surface area contributed by atoms with Crippen molar-refractivity contribution >= 4 is 21.5 Å². The summed E-state index contributed by atoms with van der Waals surface area (Å²) in [7, 11) is 0. The monoisotopic (exact) mass is 505 g/mol. The lowest BCUT2D eigenvalue weighted by molar-refractivity contribution is 0.885. The Hall–Kier alpha value is -3.63. The van der Waals surface area contributed by atoms with Crippen molar-refractivity contribution in [3.05, 3.63) is 119 Å². The minimum atomic E-state index is 0.374. The molecular weight excluding hydrogens is 482 g/mol. The molecule has 1 aliphatic carbocycles. The summed E-state index contributed by atoms with van der Waals surface area (Å²) >= 11 is 3.72. The molecule has 166 valence electrons. The molecule has 0 aliphatic heterocycles. The average molecular weight is 506 g/mol. The van der Waals surface area contributed by atoms with Gasteiger partial charge in [-0.1, -0.05) is 108 Å². The molecule has 1 aromatic heterocycles. The van der Waals surface area contributed by atoms with Crippen molar-refractivity contribution in [2.24, 2.45) is 5.92 Å². The Morgan fingerprint density at radius 2 is 1.26 bits per heavy atom. The van der Waals surface area contributed by atoms with Gasteiger partial charge >= 0.3 is 0 Å². The van der Waals surface area contributed by atoms with E-state index in [-0.39, 0.29) is 0 Å². The smallest absolute Gasteiger partial charge is 0.164 e. The van der Waals surface area contributed by atoms with Gasteiger partial charge in [0.1, 0.15) is 0 Å². The predicted octanol–water partition coefficient (Wildman–Crippen LogP) is 8.17. The van der Waals surface area contributed by atoms with Crippen LogP contribution < -0.4 is 0 Å². The Kier molecular flexibility index (Phi) is 6.33. The second-order valence-electron chi connectivity index (χ2n) is 8.38. The Balaban J connectivity index is 1.67. The van der Waals surface area contributed by atoms with Crippen LogP contribution in [0, 0.1) is 5.92 Å². The van der Waals surface area contributed by atoms with E-state index in [2.05, 4.69) is 72.3 Å². The van der Waals surface area contributed by atoms with Crippen LogP contribution in [0.15, 0.2) is 113 Å². The highest BCUT2D eigenvalue weighted by Crippen LogP contribution is 2.33. The number of nitrogens with zero attached hydrogens (tertiary/aromatic N) is 3. The molecule has 0 fully saturated rings. The zero-order chi connectivity index (χ0) is 23.5. The van der Waals surface area contributed by atoms with Gasteiger partial charge in [-0.2, -0.15) is 0 Å². The Morgan fingerprint density at radius 1 is 0.706 bits per heavy atom. The highest BCUT2D eigenvalue weighted by molar-refractivity contribution is 9.10. The zero-order valence-electron chi connectivity index (χ0n) is 19.1. The topological polar surface area (TPSA) is 38.7 Å². The van der Waals surface area contributed by atoms with Gasteiger partial charge in [-0.15, -0.1) is 0 Å². The Bertz CT molecular complexity index is 1360. The van der Waals surface area contributed by atoms with Gasteiger partial charge in [0.05, 0.1) is 0 Å². The maximum absolute atomic E-state index is 4.88. The van der Waals surface area contributed by atoms with Gasteiger partial charge in [-0.25, -0.2) is 15.0 Å². The highest BCUT2D eigenvalue weighted by Gasteiger charge is 2.15. The van der Waals surface area contributed by atoms with Crippen molar-refractivity contribution in [3.63, 3.8) is 0 Å². The molecule has 0 saturated heterocycles. The second-order valence-corrected chi connectivity index (χ2v) is 9.30. The van der Waals surface area contributed by atoms with E-state index < -0.39 is 0 Å². The van der Waals surface area contributed by atoms with Gasteiger partial charge in [-0.05, 0) is 47.8 Å². The van der Waals surface area contributed by atoms with Crippen molar-refractivity contribution < 1.29 is 0 Å². The predicted molar refractivity (Wildman–Crippen MR) is 144 cm³/mol. The van der Waals surface area contributed by atoms with E-state index in [9.17, 15) is 0 Å². The van der Waals surface area contributed by atoms with Crippen LogP contribution in [0.3, 0.4) is 0 Å². The summed E-state index contributed by atoms with van der Waals surface area (Å²) in [5, 5.41) is 0. The maximum Gasteiger partial charge on any atom is 0.164 e. The molecule has 1 aliphatic rings. The normalized spacial score (nSPS) is 16.5. The molecule has 3 aromatic carbocycles. The van der Waals surface area contributed by atoms with E-state index in [1.165, 1.54) is 11.1 Å². The van der Waals surface area contributed by atoms with Crippen LogP contribution in [0.1, 0.15) is 19.4 Å². The molecule has 0 spiro atoms. The molecule has 0 saturated carbocycles. The zero-order valence-corrected chi connectivity index (χ0v) is 20.7. The fourth-order valence-corrected chi connectivity index (χ4v) is 4.64. The third kappa shape index (κ3) is 4.68. The number of hydrogen-bond acceptors (Lipinski definition) is 3. The lowest BCUT2D eigenvalue weighted by atomic mass is 9.89. The number of aromatic nitrogens is 3. The van der Waals surface area contributed by atoms with E-state index in [1.54, 1.807) is 0 Å². The van der Waals surface area contributed by atoms with E-state index >= 15 is 0 Å². The summed E-state index contributed by atoms with van der Waals surface area (Å²) in [5.74, 6) is 2.35. The first-order chi connectivity index (χ1) is 16.6.